The number of hydrogen-bond donors (Lipinski definition) is 2. The Morgan fingerprint density at radius 2 is 2.14 bits per heavy atom. The minimum atomic E-state index is -3.40. The predicted molar refractivity (Wildman–Crippen MR) is 87.3 cm³/mol. The predicted octanol–water partition coefficient (Wildman–Crippen LogP) is 1.54. The second-order valence-electron chi connectivity index (χ2n) is 5.80. The normalized spacial score (nSPS) is 17.4. The number of nitrogens with one attached hydrogen (secondary N) is 2. The summed E-state index contributed by atoms with van der Waals surface area (Å²) in [4.78, 5) is 3.33. The molecule has 5 nitrogen and oxygen atoms in total. The third-order valence-corrected chi connectivity index (χ3v) is 7.12. The van der Waals surface area contributed by atoms with Gasteiger partial charge in [0.1, 0.15) is 4.21 Å². The van der Waals surface area contributed by atoms with Crippen LogP contribution in [0.3, 0.4) is 0 Å². The molecule has 1 aliphatic rings. The van der Waals surface area contributed by atoms with Crippen molar-refractivity contribution in [3.05, 3.63) is 16.5 Å². The second-order valence-corrected chi connectivity index (χ2v) is 8.93. The lowest BCUT2D eigenvalue weighted by Crippen LogP contribution is -2.40. The molecule has 1 aromatic heterocycles. The van der Waals surface area contributed by atoms with Gasteiger partial charge in [-0.2, -0.15) is 0 Å². The van der Waals surface area contributed by atoms with E-state index in [1.807, 2.05) is 14.0 Å². The van der Waals surface area contributed by atoms with Crippen molar-refractivity contribution < 1.29 is 8.42 Å². The molecule has 1 saturated carbocycles. The van der Waals surface area contributed by atoms with Crippen LogP contribution in [0.5, 0.6) is 0 Å². The van der Waals surface area contributed by atoms with E-state index in [1.165, 1.54) is 24.2 Å². The maximum Gasteiger partial charge on any atom is 0.250 e. The molecule has 1 unspecified atom stereocenters. The van der Waals surface area contributed by atoms with E-state index < -0.39 is 10.0 Å². The van der Waals surface area contributed by atoms with Gasteiger partial charge in [-0.05, 0) is 52.4 Å². The fraction of sp³-hybridized carbons (Fsp3) is 0.714. The maximum atomic E-state index is 12.4. The van der Waals surface area contributed by atoms with Gasteiger partial charge in [0.15, 0.2) is 0 Å². The molecule has 0 aromatic carbocycles. The van der Waals surface area contributed by atoms with Crippen LogP contribution in [0.4, 0.5) is 0 Å². The number of nitrogens with zero attached hydrogens (tertiary/aromatic N) is 1. The monoisotopic (exact) mass is 331 g/mol. The summed E-state index contributed by atoms with van der Waals surface area (Å²) in [6.07, 6.45) is 2.45. The second kappa shape index (κ2) is 6.75. The lowest BCUT2D eigenvalue weighted by Gasteiger charge is -2.24. The Morgan fingerprint density at radius 1 is 1.48 bits per heavy atom. The van der Waals surface area contributed by atoms with Crippen molar-refractivity contribution in [1.82, 2.24) is 14.9 Å². The number of thiophene rings is 1. The third kappa shape index (κ3) is 4.26. The van der Waals surface area contributed by atoms with Crippen LogP contribution in [0.2, 0.25) is 0 Å². The largest absolute Gasteiger partial charge is 0.315 e. The van der Waals surface area contributed by atoms with Crippen molar-refractivity contribution in [2.45, 2.75) is 49.5 Å². The number of rotatable bonds is 8. The van der Waals surface area contributed by atoms with E-state index in [-0.39, 0.29) is 6.04 Å². The van der Waals surface area contributed by atoms with Crippen LogP contribution in [-0.4, -0.2) is 46.0 Å². The molecule has 1 atom stereocenters. The van der Waals surface area contributed by atoms with E-state index in [0.29, 0.717) is 23.3 Å². The number of hydrogen-bond acceptors (Lipinski definition) is 5. The Kier molecular flexibility index (Phi) is 5.43. The van der Waals surface area contributed by atoms with Crippen molar-refractivity contribution in [2.24, 2.45) is 0 Å². The number of aryl methyl sites for hydroxylation is 1. The van der Waals surface area contributed by atoms with Crippen LogP contribution in [0.1, 0.15) is 30.2 Å². The van der Waals surface area contributed by atoms with Crippen LogP contribution >= 0.6 is 11.3 Å². The molecule has 2 rings (SSSR count). The van der Waals surface area contributed by atoms with Gasteiger partial charge in [-0.1, -0.05) is 0 Å². The Bertz CT molecular complexity index is 579. The summed E-state index contributed by atoms with van der Waals surface area (Å²) in [5, 5.41) is 3.06. The molecular formula is C14H25N3O2S2. The molecule has 1 heterocycles. The highest BCUT2D eigenvalue weighted by Gasteiger charge is 2.29. The van der Waals surface area contributed by atoms with Crippen molar-refractivity contribution in [1.29, 1.82) is 0 Å². The quantitative estimate of drug-likeness (QED) is 0.758. The molecule has 0 amide bonds. The Hall–Kier alpha value is -0.470. The van der Waals surface area contributed by atoms with Crippen molar-refractivity contribution in [3.63, 3.8) is 0 Å². The van der Waals surface area contributed by atoms with Crippen LogP contribution in [0.15, 0.2) is 10.3 Å². The number of likely N-dealkylation sites (N-methyl/N-ethyl adjacent to an activating group) is 1. The summed E-state index contributed by atoms with van der Waals surface area (Å²) in [7, 11) is 0.528. The first kappa shape index (κ1) is 16.9. The summed E-state index contributed by atoms with van der Waals surface area (Å²) in [6, 6.07) is 2.61. The van der Waals surface area contributed by atoms with Gasteiger partial charge in [0, 0.05) is 30.1 Å². The highest BCUT2D eigenvalue weighted by atomic mass is 32.2. The van der Waals surface area contributed by atoms with Gasteiger partial charge < -0.3 is 5.32 Å². The average Bonchev–Trinajstić information content (AvgIpc) is 3.21. The Labute approximate surface area is 131 Å². The molecule has 1 fully saturated rings. The summed E-state index contributed by atoms with van der Waals surface area (Å²) < 4.78 is 27.9. The van der Waals surface area contributed by atoms with E-state index in [0.717, 1.165) is 10.4 Å². The Morgan fingerprint density at radius 3 is 2.71 bits per heavy atom. The molecule has 120 valence electrons. The molecule has 21 heavy (non-hydrogen) atoms. The molecule has 7 heteroatoms. The van der Waals surface area contributed by atoms with Gasteiger partial charge in [0.05, 0.1) is 0 Å². The fourth-order valence-electron chi connectivity index (χ4n) is 2.24. The molecule has 0 saturated heterocycles. The first-order valence-electron chi connectivity index (χ1n) is 7.30. The average molecular weight is 332 g/mol. The van der Waals surface area contributed by atoms with Crippen LogP contribution in [0, 0.1) is 6.92 Å². The van der Waals surface area contributed by atoms with Gasteiger partial charge in [0.25, 0.3) is 0 Å². The SMILES string of the molecule is CNCc1sc(S(=O)(=O)NCC(C)N(C)C2CC2)cc1C. The van der Waals surface area contributed by atoms with Crippen molar-refractivity contribution in [3.8, 4) is 0 Å². The van der Waals surface area contributed by atoms with E-state index in [1.54, 1.807) is 6.07 Å². The van der Waals surface area contributed by atoms with Crippen LogP contribution in [-0.2, 0) is 16.6 Å². The molecule has 0 bridgehead atoms. The standard InChI is InChI=1S/C14H25N3O2S2/c1-10-7-14(20-13(10)9-15-3)21(18,19)16-8-11(2)17(4)12-5-6-12/h7,11-12,15-16H,5-6,8-9H2,1-4H3. The first-order valence-corrected chi connectivity index (χ1v) is 9.60. The van der Waals surface area contributed by atoms with Gasteiger partial charge >= 0.3 is 0 Å². The molecule has 0 spiro atoms. The van der Waals surface area contributed by atoms with Crippen molar-refractivity contribution in [2.75, 3.05) is 20.6 Å². The summed E-state index contributed by atoms with van der Waals surface area (Å²) in [6.45, 7) is 5.17. The minimum Gasteiger partial charge on any atom is -0.315 e. The zero-order valence-corrected chi connectivity index (χ0v) is 14.8. The molecule has 0 aliphatic heterocycles. The summed E-state index contributed by atoms with van der Waals surface area (Å²) >= 11 is 1.34. The highest BCUT2D eigenvalue weighted by molar-refractivity contribution is 7.91. The van der Waals surface area contributed by atoms with E-state index >= 15 is 0 Å². The Balaban J connectivity index is 1.99. The highest BCUT2D eigenvalue weighted by Crippen LogP contribution is 2.28. The maximum absolute atomic E-state index is 12.4. The van der Waals surface area contributed by atoms with E-state index in [4.69, 9.17) is 0 Å². The van der Waals surface area contributed by atoms with Gasteiger partial charge in [-0.25, -0.2) is 13.1 Å². The molecule has 2 N–H and O–H groups in total. The molecule has 1 aliphatic carbocycles. The van der Waals surface area contributed by atoms with E-state index in [2.05, 4.69) is 28.9 Å². The molecule has 1 aromatic rings. The summed E-state index contributed by atoms with van der Waals surface area (Å²) in [5.41, 5.74) is 1.03. The number of sulfonamides is 1. The zero-order chi connectivity index (χ0) is 15.6. The third-order valence-electron chi connectivity index (χ3n) is 3.99. The lowest BCUT2D eigenvalue weighted by atomic mass is 10.3. The zero-order valence-electron chi connectivity index (χ0n) is 13.1. The molecule has 0 radical (unpaired) electrons. The summed E-state index contributed by atoms with van der Waals surface area (Å²) in [5.74, 6) is 0. The van der Waals surface area contributed by atoms with Crippen molar-refractivity contribution >= 4 is 21.4 Å². The molecular weight excluding hydrogens is 306 g/mol. The minimum absolute atomic E-state index is 0.213. The van der Waals surface area contributed by atoms with Crippen LogP contribution < -0.4 is 10.0 Å². The smallest absolute Gasteiger partial charge is 0.250 e. The van der Waals surface area contributed by atoms with E-state index in [9.17, 15) is 8.42 Å². The van der Waals surface area contributed by atoms with Gasteiger partial charge in [-0.3, -0.25) is 4.90 Å². The van der Waals surface area contributed by atoms with Crippen LogP contribution in [0.25, 0.3) is 0 Å². The van der Waals surface area contributed by atoms with Gasteiger partial charge in [-0.15, -0.1) is 11.3 Å². The first-order chi connectivity index (χ1) is 9.85. The van der Waals surface area contributed by atoms with Gasteiger partial charge in [0.2, 0.25) is 10.0 Å². The fourth-order valence-corrected chi connectivity index (χ4v) is 5.01. The topological polar surface area (TPSA) is 61.4 Å². The lowest BCUT2D eigenvalue weighted by molar-refractivity contribution is 0.248.